The van der Waals surface area contributed by atoms with Crippen molar-refractivity contribution < 1.29 is 13.5 Å². The number of halogens is 3. The van der Waals surface area contributed by atoms with Gasteiger partial charge in [-0.2, -0.15) is 0 Å². The third-order valence-corrected chi connectivity index (χ3v) is 4.24. The molecule has 0 bridgehead atoms. The summed E-state index contributed by atoms with van der Waals surface area (Å²) < 4.78 is 32.3. The van der Waals surface area contributed by atoms with Crippen LogP contribution in [0.3, 0.4) is 0 Å². The second-order valence-electron chi connectivity index (χ2n) is 5.82. The van der Waals surface area contributed by atoms with E-state index in [4.69, 9.17) is 22.1 Å². The Morgan fingerprint density at radius 1 is 1.19 bits per heavy atom. The van der Waals surface area contributed by atoms with Gasteiger partial charge in [0.2, 0.25) is 0 Å². The van der Waals surface area contributed by atoms with E-state index in [9.17, 15) is 8.78 Å². The number of aliphatic imine (C=N–C) groups is 1. The summed E-state index contributed by atoms with van der Waals surface area (Å²) in [6, 6.07) is 8.67. The number of hydrogen-bond donors (Lipinski definition) is 2. The molecule has 2 aromatic carbocycles. The number of guanidine groups is 1. The molecule has 5 nitrogen and oxygen atoms in total. The van der Waals surface area contributed by atoms with Gasteiger partial charge in [-0.1, -0.05) is 11.6 Å². The molecule has 0 aromatic heterocycles. The van der Waals surface area contributed by atoms with Gasteiger partial charge in [-0.3, -0.25) is 0 Å². The van der Waals surface area contributed by atoms with Crippen molar-refractivity contribution in [3.8, 4) is 0 Å². The van der Waals surface area contributed by atoms with Crippen molar-refractivity contribution in [2.24, 2.45) is 10.7 Å². The molecule has 8 heteroatoms. The summed E-state index contributed by atoms with van der Waals surface area (Å²) in [5.74, 6) is -1.19. The van der Waals surface area contributed by atoms with Crippen molar-refractivity contribution in [1.29, 1.82) is 0 Å². The number of nitrogens with two attached hydrogens (primary N) is 1. The maximum Gasteiger partial charge on any atom is 0.193 e. The second kappa shape index (κ2) is 8.33. The Morgan fingerprint density at radius 3 is 2.73 bits per heavy atom. The van der Waals surface area contributed by atoms with Gasteiger partial charge >= 0.3 is 0 Å². The van der Waals surface area contributed by atoms with Crippen LogP contribution in [-0.2, 0) is 11.3 Å². The Morgan fingerprint density at radius 2 is 1.96 bits per heavy atom. The second-order valence-corrected chi connectivity index (χ2v) is 6.26. The average Bonchev–Trinajstić information content (AvgIpc) is 2.64. The quantitative estimate of drug-likeness (QED) is 0.630. The number of nitrogens with one attached hydrogen (secondary N) is 1. The topological polar surface area (TPSA) is 62.9 Å². The molecular weight excluding hydrogens is 362 g/mol. The number of benzene rings is 2. The Bertz CT molecular complexity index is 810. The minimum atomic E-state index is -0.610. The monoisotopic (exact) mass is 380 g/mol. The molecule has 0 amide bonds. The van der Waals surface area contributed by atoms with Gasteiger partial charge < -0.3 is 20.7 Å². The van der Waals surface area contributed by atoms with E-state index in [0.29, 0.717) is 18.2 Å². The molecule has 0 aliphatic carbocycles. The van der Waals surface area contributed by atoms with Gasteiger partial charge in [-0.05, 0) is 35.9 Å². The molecule has 0 unspecified atom stereocenters. The largest absolute Gasteiger partial charge is 0.378 e. The molecule has 26 heavy (non-hydrogen) atoms. The average molecular weight is 381 g/mol. The first-order valence-corrected chi connectivity index (χ1v) is 8.54. The van der Waals surface area contributed by atoms with Crippen molar-refractivity contribution in [1.82, 2.24) is 0 Å². The molecule has 3 N–H and O–H groups in total. The minimum absolute atomic E-state index is 0.0117. The van der Waals surface area contributed by atoms with E-state index in [0.717, 1.165) is 42.5 Å². The predicted molar refractivity (Wildman–Crippen MR) is 99.8 cm³/mol. The van der Waals surface area contributed by atoms with Crippen LogP contribution in [0.25, 0.3) is 0 Å². The molecule has 0 spiro atoms. The number of rotatable bonds is 4. The van der Waals surface area contributed by atoms with Crippen LogP contribution >= 0.6 is 11.6 Å². The molecule has 0 saturated carbocycles. The van der Waals surface area contributed by atoms with Gasteiger partial charge in [0.25, 0.3) is 0 Å². The standard InChI is InChI=1S/C18H19ClF2N4O/c19-13-1-4-17(25-5-7-26-8-6-25)12(9-13)11-23-18(22)24-16-10-14(20)2-3-15(16)21/h1-4,9-10H,5-8,11H2,(H3,22,23,24). The van der Waals surface area contributed by atoms with Crippen molar-refractivity contribution in [2.45, 2.75) is 6.54 Å². The third kappa shape index (κ3) is 4.62. The molecule has 1 fully saturated rings. The van der Waals surface area contributed by atoms with E-state index in [2.05, 4.69) is 15.2 Å². The van der Waals surface area contributed by atoms with E-state index in [1.165, 1.54) is 0 Å². The number of morpholine rings is 1. The van der Waals surface area contributed by atoms with Crippen LogP contribution in [0, 0.1) is 11.6 Å². The van der Waals surface area contributed by atoms with Crippen LogP contribution in [0.4, 0.5) is 20.2 Å². The van der Waals surface area contributed by atoms with Gasteiger partial charge in [-0.25, -0.2) is 13.8 Å². The Kier molecular flexibility index (Phi) is 5.90. The highest BCUT2D eigenvalue weighted by Gasteiger charge is 2.15. The smallest absolute Gasteiger partial charge is 0.193 e. The maximum absolute atomic E-state index is 13.7. The summed E-state index contributed by atoms with van der Waals surface area (Å²) >= 11 is 6.11. The zero-order chi connectivity index (χ0) is 18.5. The Balaban J connectivity index is 1.76. The number of ether oxygens (including phenoxy) is 1. The number of hydrogen-bond acceptors (Lipinski definition) is 3. The normalized spacial score (nSPS) is 15.2. The molecule has 1 saturated heterocycles. The molecule has 2 aromatic rings. The van der Waals surface area contributed by atoms with Crippen molar-refractivity contribution in [2.75, 3.05) is 36.5 Å². The summed E-state index contributed by atoms with van der Waals surface area (Å²) in [5.41, 5.74) is 7.66. The predicted octanol–water partition coefficient (Wildman–Crippen LogP) is 3.38. The van der Waals surface area contributed by atoms with Crippen LogP contribution in [0.1, 0.15) is 5.56 Å². The van der Waals surface area contributed by atoms with Crippen LogP contribution in [0.5, 0.6) is 0 Å². The van der Waals surface area contributed by atoms with E-state index in [1.54, 1.807) is 0 Å². The molecule has 0 radical (unpaired) electrons. The Hall–Kier alpha value is -2.38. The highest BCUT2D eigenvalue weighted by atomic mass is 35.5. The molecule has 1 aliphatic rings. The van der Waals surface area contributed by atoms with E-state index >= 15 is 0 Å². The van der Waals surface area contributed by atoms with E-state index in [-0.39, 0.29) is 18.2 Å². The lowest BCUT2D eigenvalue weighted by Crippen LogP contribution is -2.36. The molecule has 0 atom stereocenters. The first-order valence-electron chi connectivity index (χ1n) is 8.16. The van der Waals surface area contributed by atoms with Gasteiger partial charge in [0.15, 0.2) is 5.96 Å². The number of nitrogens with zero attached hydrogens (tertiary/aromatic N) is 2. The highest BCUT2D eigenvalue weighted by Crippen LogP contribution is 2.26. The van der Waals surface area contributed by atoms with E-state index in [1.807, 2.05) is 18.2 Å². The fraction of sp³-hybridized carbons (Fsp3) is 0.278. The zero-order valence-corrected chi connectivity index (χ0v) is 14.8. The fourth-order valence-corrected chi connectivity index (χ4v) is 2.93. The molecular formula is C18H19ClF2N4O. The van der Waals surface area contributed by atoms with Crippen LogP contribution in [0.15, 0.2) is 41.4 Å². The summed E-state index contributed by atoms with van der Waals surface area (Å²) in [7, 11) is 0. The summed E-state index contributed by atoms with van der Waals surface area (Å²) in [5, 5.41) is 3.17. The first-order chi connectivity index (χ1) is 12.5. The summed E-state index contributed by atoms with van der Waals surface area (Å²) in [6.07, 6.45) is 0. The minimum Gasteiger partial charge on any atom is -0.378 e. The molecule has 1 heterocycles. The zero-order valence-electron chi connectivity index (χ0n) is 14.0. The summed E-state index contributed by atoms with van der Waals surface area (Å²) in [4.78, 5) is 6.43. The maximum atomic E-state index is 13.7. The van der Waals surface area contributed by atoms with Crippen molar-refractivity contribution in [3.63, 3.8) is 0 Å². The van der Waals surface area contributed by atoms with Gasteiger partial charge in [-0.15, -0.1) is 0 Å². The molecule has 3 rings (SSSR count). The fourth-order valence-electron chi connectivity index (χ4n) is 2.73. The van der Waals surface area contributed by atoms with Gasteiger partial charge in [0.05, 0.1) is 25.4 Å². The third-order valence-electron chi connectivity index (χ3n) is 4.00. The lowest BCUT2D eigenvalue weighted by Gasteiger charge is -2.30. The molecule has 138 valence electrons. The van der Waals surface area contributed by atoms with Crippen molar-refractivity contribution in [3.05, 3.63) is 58.6 Å². The van der Waals surface area contributed by atoms with Crippen LogP contribution < -0.4 is 16.0 Å². The number of anilines is 2. The van der Waals surface area contributed by atoms with Crippen LogP contribution in [0.2, 0.25) is 5.02 Å². The van der Waals surface area contributed by atoms with Gasteiger partial charge in [0.1, 0.15) is 11.6 Å². The SMILES string of the molecule is NC(=NCc1cc(Cl)ccc1N1CCOCC1)Nc1cc(F)ccc1F. The summed E-state index contributed by atoms with van der Waals surface area (Å²) in [6.45, 7) is 3.13. The van der Waals surface area contributed by atoms with Crippen LogP contribution in [-0.4, -0.2) is 32.3 Å². The van der Waals surface area contributed by atoms with Crippen molar-refractivity contribution >= 4 is 28.9 Å². The molecule has 1 aliphatic heterocycles. The van der Waals surface area contributed by atoms with Gasteiger partial charge in [0, 0.05) is 29.9 Å². The first kappa shape index (κ1) is 18.4. The Labute approximate surface area is 155 Å². The highest BCUT2D eigenvalue weighted by molar-refractivity contribution is 6.30. The van der Waals surface area contributed by atoms with E-state index < -0.39 is 11.6 Å². The lowest BCUT2D eigenvalue weighted by molar-refractivity contribution is 0.122. The lowest BCUT2D eigenvalue weighted by atomic mass is 10.1.